The Morgan fingerprint density at radius 2 is 2.06 bits per heavy atom. The predicted molar refractivity (Wildman–Crippen MR) is 124 cm³/mol. The van der Waals surface area contributed by atoms with E-state index in [1.54, 1.807) is 5.69 Å². The molecule has 2 unspecified atom stereocenters. The summed E-state index contributed by atoms with van der Waals surface area (Å²) < 4.78 is 8.25. The molecule has 1 aromatic carbocycles. The second kappa shape index (κ2) is 8.25. The Hall–Kier alpha value is -1.85. The second-order valence-corrected chi connectivity index (χ2v) is 10.3. The van der Waals surface area contributed by atoms with Gasteiger partial charge in [0.05, 0.1) is 6.67 Å². The SMILES string of the molecule is CCCC(=O)Oc1ccc2c(c1)c1c(n2CN(C)C)[C@@H]2C[C@@H]3C[C@H](CC)C2N(CC1)C3. The monoisotopic (exact) mass is 423 g/mol. The lowest BCUT2D eigenvalue weighted by atomic mass is 9.65. The van der Waals surface area contributed by atoms with E-state index in [1.165, 1.54) is 42.3 Å². The van der Waals surface area contributed by atoms with Crippen molar-refractivity contribution in [2.75, 3.05) is 27.2 Å². The summed E-state index contributed by atoms with van der Waals surface area (Å²) >= 11 is 0. The van der Waals surface area contributed by atoms with Crippen molar-refractivity contribution in [2.45, 2.75) is 71.0 Å². The Balaban J connectivity index is 1.63. The summed E-state index contributed by atoms with van der Waals surface area (Å²) in [6, 6.07) is 6.98. The van der Waals surface area contributed by atoms with Gasteiger partial charge in [0, 0.05) is 48.1 Å². The normalized spacial score (nSPS) is 29.3. The number of hydrogen-bond donors (Lipinski definition) is 0. The first-order valence-corrected chi connectivity index (χ1v) is 12.2. The molecule has 0 spiro atoms. The Morgan fingerprint density at radius 3 is 2.81 bits per heavy atom. The van der Waals surface area contributed by atoms with Gasteiger partial charge in [-0.15, -0.1) is 0 Å². The number of aromatic nitrogens is 1. The van der Waals surface area contributed by atoms with Gasteiger partial charge in [-0.3, -0.25) is 14.6 Å². The molecule has 2 aromatic rings. The highest BCUT2D eigenvalue weighted by Gasteiger charge is 2.49. The molecule has 5 nitrogen and oxygen atoms in total. The van der Waals surface area contributed by atoms with E-state index in [9.17, 15) is 4.79 Å². The van der Waals surface area contributed by atoms with Gasteiger partial charge < -0.3 is 9.30 Å². The average molecular weight is 424 g/mol. The van der Waals surface area contributed by atoms with Crippen LogP contribution < -0.4 is 4.74 Å². The van der Waals surface area contributed by atoms with E-state index in [-0.39, 0.29) is 5.97 Å². The third-order valence-corrected chi connectivity index (χ3v) is 7.85. The highest BCUT2D eigenvalue weighted by atomic mass is 16.5. The minimum Gasteiger partial charge on any atom is -0.427 e. The molecule has 4 heterocycles. The van der Waals surface area contributed by atoms with E-state index in [0.717, 1.165) is 37.9 Å². The van der Waals surface area contributed by atoms with E-state index in [4.69, 9.17) is 4.74 Å². The maximum Gasteiger partial charge on any atom is 0.311 e. The summed E-state index contributed by atoms with van der Waals surface area (Å²) in [4.78, 5) is 17.2. The van der Waals surface area contributed by atoms with Crippen LogP contribution >= 0.6 is 0 Å². The molecule has 1 aliphatic carbocycles. The molecule has 1 aromatic heterocycles. The van der Waals surface area contributed by atoms with Crippen molar-refractivity contribution in [3.05, 3.63) is 29.5 Å². The quantitative estimate of drug-likeness (QED) is 0.502. The van der Waals surface area contributed by atoms with E-state index in [2.05, 4.69) is 47.5 Å². The zero-order chi connectivity index (χ0) is 21.7. The summed E-state index contributed by atoms with van der Waals surface area (Å²) in [7, 11) is 4.31. The molecule has 31 heavy (non-hydrogen) atoms. The van der Waals surface area contributed by atoms with Crippen molar-refractivity contribution in [1.82, 2.24) is 14.4 Å². The number of nitrogens with zero attached hydrogens (tertiary/aromatic N) is 3. The van der Waals surface area contributed by atoms with Crippen LogP contribution in [0.2, 0.25) is 0 Å². The van der Waals surface area contributed by atoms with Crippen molar-refractivity contribution in [3.8, 4) is 5.75 Å². The predicted octanol–water partition coefficient (Wildman–Crippen LogP) is 4.63. The van der Waals surface area contributed by atoms with Gasteiger partial charge in [0.25, 0.3) is 0 Å². The summed E-state index contributed by atoms with van der Waals surface area (Å²) in [5, 5.41) is 1.29. The first-order chi connectivity index (χ1) is 15.0. The molecule has 2 saturated heterocycles. The van der Waals surface area contributed by atoms with E-state index >= 15 is 0 Å². The van der Waals surface area contributed by atoms with Crippen LogP contribution in [0.3, 0.4) is 0 Å². The first kappa shape index (κ1) is 21.0. The van der Waals surface area contributed by atoms with Crippen molar-refractivity contribution >= 4 is 16.9 Å². The number of benzene rings is 1. The molecular formula is C26H37N3O2. The smallest absolute Gasteiger partial charge is 0.311 e. The van der Waals surface area contributed by atoms with Crippen LogP contribution in [0.5, 0.6) is 5.75 Å². The lowest BCUT2D eigenvalue weighted by Crippen LogP contribution is -2.56. The molecule has 6 rings (SSSR count). The molecule has 3 aliphatic heterocycles. The van der Waals surface area contributed by atoms with Gasteiger partial charge in [-0.25, -0.2) is 0 Å². The van der Waals surface area contributed by atoms with E-state index < -0.39 is 0 Å². The largest absolute Gasteiger partial charge is 0.427 e. The summed E-state index contributed by atoms with van der Waals surface area (Å²) in [5.41, 5.74) is 4.35. The van der Waals surface area contributed by atoms with Crippen LogP contribution in [0.4, 0.5) is 0 Å². The maximum absolute atomic E-state index is 12.1. The number of carbonyl (C=O) groups excluding carboxylic acids is 1. The molecule has 5 heteroatoms. The molecule has 4 bridgehead atoms. The zero-order valence-corrected chi connectivity index (χ0v) is 19.6. The average Bonchev–Trinajstić information content (AvgIpc) is 2.97. The zero-order valence-electron chi connectivity index (χ0n) is 19.6. The Bertz CT molecular complexity index is 979. The van der Waals surface area contributed by atoms with Crippen LogP contribution in [-0.4, -0.2) is 53.6 Å². The fourth-order valence-electron chi connectivity index (χ4n) is 6.82. The van der Waals surface area contributed by atoms with E-state index in [1.807, 2.05) is 13.0 Å². The molecule has 0 amide bonds. The molecule has 3 fully saturated rings. The fraction of sp³-hybridized carbons (Fsp3) is 0.654. The summed E-state index contributed by atoms with van der Waals surface area (Å²) in [5.74, 6) is 2.83. The molecule has 1 saturated carbocycles. The Morgan fingerprint density at radius 1 is 1.23 bits per heavy atom. The van der Waals surface area contributed by atoms with Crippen molar-refractivity contribution in [1.29, 1.82) is 0 Å². The maximum atomic E-state index is 12.1. The van der Waals surface area contributed by atoms with Crippen molar-refractivity contribution in [3.63, 3.8) is 0 Å². The lowest BCUT2D eigenvalue weighted by molar-refractivity contribution is -0.134. The Kier molecular flexibility index (Phi) is 5.59. The standard InChI is InChI=1S/C26H37N3O2/c1-5-7-24(30)31-19-8-9-23-21(14-19)20-10-11-28-15-17-12-18(6-2)25(28)22(13-17)26(20)29(23)16-27(3)4/h8-9,14,17-18,22,25H,5-7,10-13,15-16H2,1-4H3/t17-,18-,22+,25?/m0/s1. The number of hydrogen-bond acceptors (Lipinski definition) is 4. The van der Waals surface area contributed by atoms with E-state index in [0.29, 0.717) is 24.1 Å². The van der Waals surface area contributed by atoms with Gasteiger partial charge in [0.2, 0.25) is 0 Å². The van der Waals surface area contributed by atoms with Crippen LogP contribution in [0.25, 0.3) is 10.9 Å². The number of ether oxygens (including phenoxy) is 1. The van der Waals surface area contributed by atoms with Gasteiger partial charge in [-0.05, 0) is 75.4 Å². The molecule has 4 aliphatic rings. The van der Waals surface area contributed by atoms with Gasteiger partial charge >= 0.3 is 5.97 Å². The van der Waals surface area contributed by atoms with Crippen LogP contribution in [0.1, 0.15) is 63.1 Å². The lowest BCUT2D eigenvalue weighted by Gasteiger charge is -2.53. The number of rotatable bonds is 6. The summed E-state index contributed by atoms with van der Waals surface area (Å²) in [6.07, 6.45) is 6.40. The minimum absolute atomic E-state index is 0.134. The molecule has 0 N–H and O–H groups in total. The van der Waals surface area contributed by atoms with Gasteiger partial charge in [0.1, 0.15) is 5.75 Å². The van der Waals surface area contributed by atoms with Gasteiger partial charge in [0.15, 0.2) is 0 Å². The molecule has 168 valence electrons. The number of fused-ring (bicyclic) bond motifs is 4. The minimum atomic E-state index is -0.134. The Labute approximate surface area is 186 Å². The van der Waals surface area contributed by atoms with Gasteiger partial charge in [-0.2, -0.15) is 0 Å². The topological polar surface area (TPSA) is 37.7 Å². The van der Waals surface area contributed by atoms with Crippen molar-refractivity contribution < 1.29 is 9.53 Å². The number of carbonyl (C=O) groups is 1. The number of piperidine rings is 2. The van der Waals surface area contributed by atoms with Crippen molar-refractivity contribution in [2.24, 2.45) is 11.8 Å². The molecule has 0 radical (unpaired) electrons. The first-order valence-electron chi connectivity index (χ1n) is 12.2. The highest BCUT2D eigenvalue weighted by Crippen LogP contribution is 2.52. The van der Waals surface area contributed by atoms with Crippen LogP contribution in [-0.2, 0) is 17.9 Å². The molecule has 5 atom stereocenters. The molecular weight excluding hydrogens is 386 g/mol. The highest BCUT2D eigenvalue weighted by molar-refractivity contribution is 5.88. The summed E-state index contributed by atoms with van der Waals surface area (Å²) in [6.45, 7) is 7.73. The third-order valence-electron chi connectivity index (χ3n) is 7.85. The second-order valence-electron chi connectivity index (χ2n) is 10.3. The number of esters is 1. The fourth-order valence-corrected chi connectivity index (χ4v) is 6.82. The van der Waals surface area contributed by atoms with Crippen LogP contribution in [0, 0.1) is 11.8 Å². The third kappa shape index (κ3) is 3.60. The van der Waals surface area contributed by atoms with Crippen LogP contribution in [0.15, 0.2) is 18.2 Å². The van der Waals surface area contributed by atoms with Gasteiger partial charge in [-0.1, -0.05) is 20.3 Å².